The van der Waals surface area contributed by atoms with Crippen LogP contribution in [0.25, 0.3) is 0 Å². The Morgan fingerprint density at radius 1 is 1.67 bits per heavy atom. The van der Waals surface area contributed by atoms with E-state index in [0.717, 1.165) is 24.1 Å². The summed E-state index contributed by atoms with van der Waals surface area (Å²) >= 11 is 0. The molecular formula is C8H12N2O2. The number of nitrogens with one attached hydrogen (secondary N) is 1. The molecule has 12 heavy (non-hydrogen) atoms. The number of H-pyrrole nitrogens is 1. The highest BCUT2D eigenvalue weighted by Crippen LogP contribution is 2.11. The number of hydrogen-bond acceptors (Lipinski definition) is 2. The fourth-order valence-electron chi connectivity index (χ4n) is 1.14. The van der Waals surface area contributed by atoms with Crippen LogP contribution in [0, 0.1) is 6.92 Å². The zero-order valence-corrected chi connectivity index (χ0v) is 7.22. The molecule has 0 aliphatic rings. The first-order valence-corrected chi connectivity index (χ1v) is 3.94. The fourth-order valence-corrected chi connectivity index (χ4v) is 1.14. The van der Waals surface area contributed by atoms with E-state index in [-0.39, 0.29) is 5.69 Å². The molecule has 0 bridgehead atoms. The summed E-state index contributed by atoms with van der Waals surface area (Å²) in [6.45, 7) is 3.82. The Kier molecular flexibility index (Phi) is 2.47. The molecule has 0 saturated heterocycles. The van der Waals surface area contributed by atoms with E-state index in [1.54, 1.807) is 6.92 Å². The Morgan fingerprint density at radius 2 is 2.33 bits per heavy atom. The van der Waals surface area contributed by atoms with Gasteiger partial charge in [-0.3, -0.25) is 5.10 Å². The van der Waals surface area contributed by atoms with E-state index < -0.39 is 5.97 Å². The smallest absolute Gasteiger partial charge is 0.356 e. The molecule has 1 aromatic heterocycles. The summed E-state index contributed by atoms with van der Waals surface area (Å²) in [4.78, 5) is 10.6. The molecule has 0 amide bonds. The Hall–Kier alpha value is -1.32. The van der Waals surface area contributed by atoms with Gasteiger partial charge in [0.15, 0.2) is 5.69 Å². The quantitative estimate of drug-likeness (QED) is 0.716. The van der Waals surface area contributed by atoms with Crippen LogP contribution in [0.4, 0.5) is 0 Å². The van der Waals surface area contributed by atoms with Crippen LogP contribution in [0.1, 0.15) is 35.1 Å². The number of aromatic nitrogens is 2. The number of rotatable bonds is 3. The maximum absolute atomic E-state index is 10.6. The zero-order valence-electron chi connectivity index (χ0n) is 7.22. The van der Waals surface area contributed by atoms with Crippen molar-refractivity contribution >= 4 is 5.97 Å². The highest BCUT2D eigenvalue weighted by Gasteiger charge is 2.13. The van der Waals surface area contributed by atoms with E-state index in [1.807, 2.05) is 6.92 Å². The molecule has 0 spiro atoms. The van der Waals surface area contributed by atoms with Crippen molar-refractivity contribution in [3.8, 4) is 0 Å². The number of carboxylic acids is 1. The van der Waals surface area contributed by atoms with Crippen molar-refractivity contribution in [1.29, 1.82) is 0 Å². The van der Waals surface area contributed by atoms with Crippen LogP contribution in [0.5, 0.6) is 0 Å². The SMILES string of the molecule is CCCc1[nH]nc(C(=O)O)c1C. The molecular weight excluding hydrogens is 156 g/mol. The molecule has 0 aliphatic carbocycles. The van der Waals surface area contributed by atoms with Gasteiger partial charge >= 0.3 is 5.97 Å². The van der Waals surface area contributed by atoms with Crippen LogP contribution in [0.15, 0.2) is 0 Å². The summed E-state index contributed by atoms with van der Waals surface area (Å²) in [5.74, 6) is -0.967. The molecule has 0 aromatic carbocycles. The lowest BCUT2D eigenvalue weighted by Crippen LogP contribution is -1.98. The van der Waals surface area contributed by atoms with E-state index >= 15 is 0 Å². The number of carbonyl (C=O) groups is 1. The third kappa shape index (κ3) is 1.47. The van der Waals surface area contributed by atoms with E-state index in [2.05, 4.69) is 10.2 Å². The largest absolute Gasteiger partial charge is 0.476 e. The average molecular weight is 168 g/mol. The Morgan fingerprint density at radius 3 is 2.75 bits per heavy atom. The number of nitrogens with zero attached hydrogens (tertiary/aromatic N) is 1. The summed E-state index contributed by atoms with van der Waals surface area (Å²) in [6.07, 6.45) is 1.84. The molecule has 0 atom stereocenters. The van der Waals surface area contributed by atoms with Gasteiger partial charge in [-0.2, -0.15) is 5.10 Å². The van der Waals surface area contributed by atoms with Gasteiger partial charge in [0.2, 0.25) is 0 Å². The number of aryl methyl sites for hydroxylation is 1. The summed E-state index contributed by atoms with van der Waals surface area (Å²) in [6, 6.07) is 0. The number of aromatic carboxylic acids is 1. The van der Waals surface area contributed by atoms with Crippen molar-refractivity contribution in [2.45, 2.75) is 26.7 Å². The van der Waals surface area contributed by atoms with Gasteiger partial charge in [-0.25, -0.2) is 4.79 Å². The van der Waals surface area contributed by atoms with E-state index in [9.17, 15) is 4.79 Å². The van der Waals surface area contributed by atoms with E-state index in [1.165, 1.54) is 0 Å². The van der Waals surface area contributed by atoms with Crippen molar-refractivity contribution in [3.05, 3.63) is 17.0 Å². The first-order valence-electron chi connectivity index (χ1n) is 3.94. The van der Waals surface area contributed by atoms with Gasteiger partial charge in [0, 0.05) is 11.3 Å². The molecule has 1 heterocycles. The highest BCUT2D eigenvalue weighted by atomic mass is 16.4. The standard InChI is InChI=1S/C8H12N2O2/c1-3-4-6-5(2)7(8(11)12)10-9-6/h3-4H2,1-2H3,(H,9,10)(H,11,12). The van der Waals surface area contributed by atoms with Crippen molar-refractivity contribution in [2.75, 3.05) is 0 Å². The van der Waals surface area contributed by atoms with Gasteiger partial charge in [-0.15, -0.1) is 0 Å². The second kappa shape index (κ2) is 3.38. The Labute approximate surface area is 70.6 Å². The summed E-state index contributed by atoms with van der Waals surface area (Å²) in [5, 5.41) is 15.1. The predicted octanol–water partition coefficient (Wildman–Crippen LogP) is 1.37. The second-order valence-electron chi connectivity index (χ2n) is 2.73. The Balaban J connectivity index is 2.96. The molecule has 0 aliphatic heterocycles. The van der Waals surface area contributed by atoms with Gasteiger partial charge in [0.1, 0.15) is 0 Å². The summed E-state index contributed by atoms with van der Waals surface area (Å²) < 4.78 is 0. The summed E-state index contributed by atoms with van der Waals surface area (Å²) in [5.41, 5.74) is 1.82. The maximum Gasteiger partial charge on any atom is 0.356 e. The molecule has 0 unspecified atom stereocenters. The monoisotopic (exact) mass is 168 g/mol. The fraction of sp³-hybridized carbons (Fsp3) is 0.500. The average Bonchev–Trinajstić information content (AvgIpc) is 2.34. The molecule has 1 rings (SSSR count). The third-order valence-electron chi connectivity index (χ3n) is 1.81. The first kappa shape index (κ1) is 8.77. The number of aromatic amines is 1. The molecule has 2 N–H and O–H groups in total. The Bertz CT molecular complexity index is 291. The van der Waals surface area contributed by atoms with Gasteiger partial charge < -0.3 is 5.11 Å². The molecule has 1 aromatic rings. The van der Waals surface area contributed by atoms with Gasteiger partial charge in [-0.1, -0.05) is 13.3 Å². The summed E-state index contributed by atoms with van der Waals surface area (Å²) in [7, 11) is 0. The minimum absolute atomic E-state index is 0.137. The lowest BCUT2D eigenvalue weighted by atomic mass is 10.1. The third-order valence-corrected chi connectivity index (χ3v) is 1.81. The number of carboxylic acid groups (broad SMARTS) is 1. The van der Waals surface area contributed by atoms with Crippen molar-refractivity contribution < 1.29 is 9.90 Å². The van der Waals surface area contributed by atoms with Crippen LogP contribution in [-0.4, -0.2) is 21.3 Å². The van der Waals surface area contributed by atoms with E-state index in [0.29, 0.717) is 0 Å². The second-order valence-corrected chi connectivity index (χ2v) is 2.73. The van der Waals surface area contributed by atoms with Crippen molar-refractivity contribution in [3.63, 3.8) is 0 Å². The lowest BCUT2D eigenvalue weighted by molar-refractivity contribution is 0.0689. The molecule has 0 saturated carbocycles. The van der Waals surface area contributed by atoms with Crippen LogP contribution < -0.4 is 0 Å². The normalized spacial score (nSPS) is 10.2. The van der Waals surface area contributed by atoms with E-state index in [4.69, 9.17) is 5.11 Å². The topological polar surface area (TPSA) is 66.0 Å². The van der Waals surface area contributed by atoms with Gasteiger partial charge in [0.05, 0.1) is 0 Å². The van der Waals surface area contributed by atoms with Crippen molar-refractivity contribution in [2.24, 2.45) is 0 Å². The zero-order chi connectivity index (χ0) is 9.14. The van der Waals surface area contributed by atoms with Gasteiger partial charge in [0.25, 0.3) is 0 Å². The van der Waals surface area contributed by atoms with Crippen LogP contribution in [0.2, 0.25) is 0 Å². The maximum atomic E-state index is 10.6. The molecule has 66 valence electrons. The van der Waals surface area contributed by atoms with Crippen LogP contribution in [0.3, 0.4) is 0 Å². The molecule has 4 heteroatoms. The van der Waals surface area contributed by atoms with Crippen LogP contribution in [-0.2, 0) is 6.42 Å². The highest BCUT2D eigenvalue weighted by molar-refractivity contribution is 5.87. The minimum Gasteiger partial charge on any atom is -0.476 e. The lowest BCUT2D eigenvalue weighted by Gasteiger charge is -1.93. The minimum atomic E-state index is -0.967. The molecule has 0 radical (unpaired) electrons. The molecule has 0 fully saturated rings. The van der Waals surface area contributed by atoms with Crippen molar-refractivity contribution in [1.82, 2.24) is 10.2 Å². The first-order chi connectivity index (χ1) is 5.66. The number of hydrogen-bond donors (Lipinski definition) is 2. The predicted molar refractivity (Wildman–Crippen MR) is 44.3 cm³/mol. The van der Waals surface area contributed by atoms with Gasteiger partial charge in [-0.05, 0) is 13.3 Å². The van der Waals surface area contributed by atoms with Crippen LogP contribution >= 0.6 is 0 Å². The molecule has 4 nitrogen and oxygen atoms in total.